The zero-order chi connectivity index (χ0) is 5.98. The molecule has 1 heterocycles. The van der Waals surface area contributed by atoms with E-state index >= 15 is 0 Å². The first kappa shape index (κ1) is 5.03. The number of carbonyl (C=O) groups excluding carboxylic acids is 1. The molecule has 1 aliphatic heterocycles. The van der Waals surface area contributed by atoms with Gasteiger partial charge in [0.05, 0.1) is 0 Å². The van der Waals surface area contributed by atoms with E-state index in [0.29, 0.717) is 17.8 Å². The molecule has 0 radical (unpaired) electrons. The molecule has 0 bridgehead atoms. The van der Waals surface area contributed by atoms with Crippen molar-refractivity contribution >= 4 is 12.1 Å². The molecule has 2 N–H and O–H groups in total. The van der Waals surface area contributed by atoms with Gasteiger partial charge in [-0.15, -0.1) is 0 Å². The van der Waals surface area contributed by atoms with Crippen molar-refractivity contribution < 1.29 is 4.79 Å². The number of hydrogen-bond acceptors (Lipinski definition) is 3. The number of amidine groups is 1. The molecule has 3 heteroatoms. The fourth-order valence-corrected chi connectivity index (χ4v) is 0.538. The van der Waals surface area contributed by atoms with Crippen LogP contribution < -0.4 is 5.73 Å². The molecule has 0 aliphatic carbocycles. The van der Waals surface area contributed by atoms with Crippen LogP contribution in [0, 0.1) is 0 Å². The maximum Gasteiger partial charge on any atom is 0.148 e. The molecule has 0 aromatic rings. The molecule has 0 aromatic heterocycles. The van der Waals surface area contributed by atoms with Crippen molar-refractivity contribution in [3.8, 4) is 0 Å². The highest BCUT2D eigenvalue weighted by atomic mass is 16.1. The van der Waals surface area contributed by atoms with Gasteiger partial charge in [0.15, 0.2) is 0 Å². The van der Waals surface area contributed by atoms with Gasteiger partial charge in [0.25, 0.3) is 0 Å². The molecule has 8 heavy (non-hydrogen) atoms. The molecule has 0 aromatic carbocycles. The molecule has 0 amide bonds. The number of nitrogens with two attached hydrogens (primary N) is 1. The van der Waals surface area contributed by atoms with Crippen LogP contribution in [0.1, 0.15) is 6.42 Å². The van der Waals surface area contributed by atoms with Crippen molar-refractivity contribution in [3.05, 3.63) is 11.8 Å². The van der Waals surface area contributed by atoms with Crippen LogP contribution in [-0.4, -0.2) is 12.1 Å². The summed E-state index contributed by atoms with van der Waals surface area (Å²) in [7, 11) is 0. The summed E-state index contributed by atoms with van der Waals surface area (Å²) in [4.78, 5) is 13.6. The maximum absolute atomic E-state index is 9.96. The van der Waals surface area contributed by atoms with Gasteiger partial charge in [-0.2, -0.15) is 0 Å². The predicted molar refractivity (Wildman–Crippen MR) is 30.4 cm³/mol. The van der Waals surface area contributed by atoms with Crippen molar-refractivity contribution in [3.63, 3.8) is 0 Å². The summed E-state index contributed by atoms with van der Waals surface area (Å²) in [5, 5.41) is 0. The van der Waals surface area contributed by atoms with Gasteiger partial charge in [0.2, 0.25) is 0 Å². The predicted octanol–water partition coefficient (Wildman–Crippen LogP) is -0.170. The van der Waals surface area contributed by atoms with Crippen LogP contribution in [0.15, 0.2) is 16.8 Å². The van der Waals surface area contributed by atoms with Gasteiger partial charge < -0.3 is 5.73 Å². The highest BCUT2D eigenvalue weighted by Crippen LogP contribution is 2.04. The van der Waals surface area contributed by atoms with E-state index in [2.05, 4.69) is 4.99 Å². The van der Waals surface area contributed by atoms with E-state index in [1.165, 1.54) is 6.20 Å². The van der Waals surface area contributed by atoms with Crippen molar-refractivity contribution in [2.24, 2.45) is 10.7 Å². The number of carbonyl (C=O) groups is 1. The van der Waals surface area contributed by atoms with Gasteiger partial charge >= 0.3 is 0 Å². The van der Waals surface area contributed by atoms with E-state index < -0.39 is 0 Å². The zero-order valence-corrected chi connectivity index (χ0v) is 4.29. The Balaban J connectivity index is 2.61. The SMILES string of the molecule is NC1=NC=C(C=O)C1. The number of rotatable bonds is 1. The minimum absolute atomic E-state index is 0.517. The molecular weight excluding hydrogens is 104 g/mol. The van der Waals surface area contributed by atoms with Crippen LogP contribution in [-0.2, 0) is 4.79 Å². The number of nitrogens with zero attached hydrogens (tertiary/aromatic N) is 1. The summed E-state index contributed by atoms with van der Waals surface area (Å²) < 4.78 is 0. The average Bonchev–Trinajstić information content (AvgIpc) is 2.14. The summed E-state index contributed by atoms with van der Waals surface area (Å²) >= 11 is 0. The standard InChI is InChI=1S/C5H6N2O/c6-5-1-4(3-8)2-7-5/h2-3H,1H2,(H2,6,7). The van der Waals surface area contributed by atoms with E-state index in [4.69, 9.17) is 5.73 Å². The van der Waals surface area contributed by atoms with Crippen LogP contribution >= 0.6 is 0 Å². The minimum Gasteiger partial charge on any atom is -0.387 e. The van der Waals surface area contributed by atoms with Gasteiger partial charge in [-0.3, -0.25) is 4.79 Å². The number of aldehydes is 1. The van der Waals surface area contributed by atoms with Crippen molar-refractivity contribution in [2.75, 3.05) is 0 Å². The van der Waals surface area contributed by atoms with Crippen molar-refractivity contribution in [2.45, 2.75) is 6.42 Å². The van der Waals surface area contributed by atoms with Gasteiger partial charge in [0.1, 0.15) is 12.1 Å². The lowest BCUT2D eigenvalue weighted by Crippen LogP contribution is -2.08. The van der Waals surface area contributed by atoms with E-state index in [1.54, 1.807) is 0 Å². The fraction of sp³-hybridized carbons (Fsp3) is 0.200. The second kappa shape index (κ2) is 1.78. The molecule has 0 unspecified atom stereocenters. The van der Waals surface area contributed by atoms with Crippen molar-refractivity contribution in [1.82, 2.24) is 0 Å². The third-order valence-electron chi connectivity index (χ3n) is 0.933. The van der Waals surface area contributed by atoms with Crippen LogP contribution in [0.25, 0.3) is 0 Å². The second-order valence-corrected chi connectivity index (χ2v) is 1.62. The van der Waals surface area contributed by atoms with Crippen LogP contribution in [0.5, 0.6) is 0 Å². The van der Waals surface area contributed by atoms with E-state index in [9.17, 15) is 4.79 Å². The highest BCUT2D eigenvalue weighted by molar-refractivity contribution is 5.93. The zero-order valence-electron chi connectivity index (χ0n) is 4.29. The van der Waals surface area contributed by atoms with Gasteiger partial charge in [-0.25, -0.2) is 4.99 Å². The lowest BCUT2D eigenvalue weighted by atomic mass is 10.2. The molecule has 1 aliphatic rings. The smallest absolute Gasteiger partial charge is 0.148 e. The molecule has 0 atom stereocenters. The van der Waals surface area contributed by atoms with Crippen molar-refractivity contribution in [1.29, 1.82) is 0 Å². The summed E-state index contributed by atoms with van der Waals surface area (Å²) in [6, 6.07) is 0. The molecule has 0 saturated carbocycles. The quantitative estimate of drug-likeness (QED) is 0.476. The highest BCUT2D eigenvalue weighted by Gasteiger charge is 2.03. The first-order valence-corrected chi connectivity index (χ1v) is 2.29. The molecule has 0 fully saturated rings. The minimum atomic E-state index is 0.517. The molecule has 0 spiro atoms. The Labute approximate surface area is 46.9 Å². The number of aliphatic imine (C=N–C) groups is 1. The topological polar surface area (TPSA) is 55.4 Å². The molecule has 3 nitrogen and oxygen atoms in total. The first-order valence-electron chi connectivity index (χ1n) is 2.29. The Morgan fingerprint density at radius 3 is 2.88 bits per heavy atom. The fourth-order valence-electron chi connectivity index (χ4n) is 0.538. The third kappa shape index (κ3) is 0.753. The average molecular weight is 110 g/mol. The Hall–Kier alpha value is -1.12. The normalized spacial score (nSPS) is 17.5. The molecule has 42 valence electrons. The Bertz CT molecular complexity index is 169. The lowest BCUT2D eigenvalue weighted by molar-refractivity contribution is -0.104. The van der Waals surface area contributed by atoms with Crippen LogP contribution in [0.4, 0.5) is 0 Å². The van der Waals surface area contributed by atoms with Gasteiger partial charge in [0, 0.05) is 18.2 Å². The summed E-state index contributed by atoms with van der Waals surface area (Å²) in [5.74, 6) is 0.520. The van der Waals surface area contributed by atoms with Crippen LogP contribution in [0.3, 0.4) is 0 Å². The Kier molecular flexibility index (Phi) is 1.12. The first-order chi connectivity index (χ1) is 3.83. The largest absolute Gasteiger partial charge is 0.387 e. The monoisotopic (exact) mass is 110 g/mol. The summed E-state index contributed by atoms with van der Waals surface area (Å²) in [6.07, 6.45) is 2.77. The maximum atomic E-state index is 9.96. The number of hydrogen-bond donors (Lipinski definition) is 1. The summed E-state index contributed by atoms with van der Waals surface area (Å²) in [5.41, 5.74) is 5.89. The lowest BCUT2D eigenvalue weighted by Gasteiger charge is -1.84. The van der Waals surface area contributed by atoms with Gasteiger partial charge in [-0.05, 0) is 0 Å². The second-order valence-electron chi connectivity index (χ2n) is 1.62. The molecule has 0 saturated heterocycles. The third-order valence-corrected chi connectivity index (χ3v) is 0.933. The van der Waals surface area contributed by atoms with E-state index in [0.717, 1.165) is 6.29 Å². The summed E-state index contributed by atoms with van der Waals surface area (Å²) in [6.45, 7) is 0. The molecule has 1 rings (SSSR count). The molecular formula is C5H6N2O. The Morgan fingerprint density at radius 1 is 1.88 bits per heavy atom. The van der Waals surface area contributed by atoms with Crippen LogP contribution in [0.2, 0.25) is 0 Å². The van der Waals surface area contributed by atoms with E-state index in [-0.39, 0.29) is 0 Å². The van der Waals surface area contributed by atoms with Gasteiger partial charge in [-0.1, -0.05) is 0 Å². The Morgan fingerprint density at radius 2 is 2.62 bits per heavy atom. The van der Waals surface area contributed by atoms with E-state index in [1.807, 2.05) is 0 Å².